The van der Waals surface area contributed by atoms with E-state index in [1.165, 1.54) is 6.07 Å². The normalized spacial score (nSPS) is 23.9. The molecule has 2 aliphatic heterocycles. The molecule has 0 aromatic carbocycles. The second-order valence-electron chi connectivity index (χ2n) is 6.48. The third-order valence-electron chi connectivity index (χ3n) is 5.04. The van der Waals surface area contributed by atoms with Gasteiger partial charge in [-0.15, -0.1) is 0 Å². The highest BCUT2D eigenvalue weighted by Crippen LogP contribution is 2.35. The Kier molecular flexibility index (Phi) is 4.55. The third-order valence-corrected chi connectivity index (χ3v) is 5.04. The second-order valence-corrected chi connectivity index (χ2v) is 6.48. The summed E-state index contributed by atoms with van der Waals surface area (Å²) in [5, 5.41) is 10.3. The van der Waals surface area contributed by atoms with Crippen LogP contribution in [-0.4, -0.2) is 52.3 Å². The molecule has 0 saturated carbocycles. The number of aromatic nitrogens is 1. The minimum atomic E-state index is -0.488. The Morgan fingerprint density at radius 3 is 2.83 bits per heavy atom. The van der Waals surface area contributed by atoms with Crippen molar-refractivity contribution < 1.29 is 14.6 Å². The molecule has 0 unspecified atom stereocenters. The molecule has 2 fully saturated rings. The number of aliphatic hydroxyl groups excluding tert-OH is 1. The summed E-state index contributed by atoms with van der Waals surface area (Å²) < 4.78 is 5.87. The van der Waals surface area contributed by atoms with Gasteiger partial charge in [0.05, 0.1) is 11.7 Å². The Balaban J connectivity index is 1.71. The maximum Gasteiger partial charge on any atom is 0.254 e. The molecule has 23 heavy (non-hydrogen) atoms. The number of H-pyrrole nitrogens is 1. The molecule has 3 rings (SSSR count). The number of nitrogens with zero attached hydrogens (tertiary/aromatic N) is 1. The molecule has 1 aromatic rings. The Bertz CT molecular complexity index is 632. The number of carbonyl (C=O) groups is 1. The Labute approximate surface area is 135 Å². The van der Waals surface area contributed by atoms with Crippen molar-refractivity contribution in [2.75, 3.05) is 19.7 Å². The van der Waals surface area contributed by atoms with E-state index in [1.54, 1.807) is 11.0 Å². The molecule has 126 valence electrons. The van der Waals surface area contributed by atoms with Gasteiger partial charge in [0.1, 0.15) is 0 Å². The lowest BCUT2D eigenvalue weighted by Gasteiger charge is -2.46. The van der Waals surface area contributed by atoms with Crippen LogP contribution in [0.5, 0.6) is 0 Å². The highest BCUT2D eigenvalue weighted by atomic mass is 16.5. The SMILES string of the molecule is CCc1cc(C(=O)N2CCC3(CC2)OCCC[C@H]3O)cc(=O)[nH]1. The van der Waals surface area contributed by atoms with E-state index in [2.05, 4.69) is 4.98 Å². The molecular weight excluding hydrogens is 296 g/mol. The first-order chi connectivity index (χ1) is 11.0. The zero-order valence-corrected chi connectivity index (χ0v) is 13.5. The number of aliphatic hydroxyl groups is 1. The molecule has 1 atom stereocenters. The lowest BCUT2D eigenvalue weighted by atomic mass is 9.82. The number of hydrogen-bond donors (Lipinski definition) is 2. The van der Waals surface area contributed by atoms with Crippen LogP contribution in [0.25, 0.3) is 0 Å². The van der Waals surface area contributed by atoms with Gasteiger partial charge in [-0.2, -0.15) is 0 Å². The van der Waals surface area contributed by atoms with Gasteiger partial charge in [-0.3, -0.25) is 9.59 Å². The molecule has 0 aliphatic carbocycles. The summed E-state index contributed by atoms with van der Waals surface area (Å²) in [6.45, 7) is 3.71. The molecule has 6 nitrogen and oxygen atoms in total. The molecule has 2 saturated heterocycles. The fourth-order valence-electron chi connectivity index (χ4n) is 3.57. The molecule has 2 N–H and O–H groups in total. The predicted molar refractivity (Wildman–Crippen MR) is 85.5 cm³/mol. The first-order valence-corrected chi connectivity index (χ1v) is 8.38. The number of likely N-dealkylation sites (tertiary alicyclic amines) is 1. The fourth-order valence-corrected chi connectivity index (χ4v) is 3.57. The summed E-state index contributed by atoms with van der Waals surface area (Å²) >= 11 is 0. The van der Waals surface area contributed by atoms with E-state index in [0.717, 1.165) is 18.5 Å². The lowest BCUT2D eigenvalue weighted by Crippen LogP contribution is -2.56. The smallest absolute Gasteiger partial charge is 0.254 e. The first-order valence-electron chi connectivity index (χ1n) is 8.38. The summed E-state index contributed by atoms with van der Waals surface area (Å²) in [4.78, 5) is 28.8. The van der Waals surface area contributed by atoms with Crippen LogP contribution in [0.1, 0.15) is 48.7 Å². The molecular formula is C17H24N2O4. The van der Waals surface area contributed by atoms with E-state index in [9.17, 15) is 14.7 Å². The minimum Gasteiger partial charge on any atom is -0.390 e. The average Bonchev–Trinajstić information content (AvgIpc) is 2.57. The standard InChI is InChI=1S/C17H24N2O4/c1-2-13-10-12(11-15(21)18-13)16(22)19-7-5-17(6-8-19)14(20)4-3-9-23-17/h10-11,14,20H,2-9H2,1H3,(H,18,21)/t14-/m1/s1. The molecule has 6 heteroatoms. The van der Waals surface area contributed by atoms with Crippen molar-refractivity contribution in [3.8, 4) is 0 Å². The van der Waals surface area contributed by atoms with Gasteiger partial charge in [-0.05, 0) is 38.2 Å². The highest BCUT2D eigenvalue weighted by molar-refractivity contribution is 5.94. The predicted octanol–water partition coefficient (Wildman–Crippen LogP) is 1.08. The Morgan fingerprint density at radius 1 is 1.43 bits per heavy atom. The minimum absolute atomic E-state index is 0.119. The molecule has 2 aliphatic rings. The number of ether oxygens (including phenoxy) is 1. The molecule has 0 bridgehead atoms. The van der Waals surface area contributed by atoms with Gasteiger partial charge in [0, 0.05) is 37.0 Å². The molecule has 1 aromatic heterocycles. The van der Waals surface area contributed by atoms with Crippen molar-refractivity contribution in [3.63, 3.8) is 0 Å². The van der Waals surface area contributed by atoms with Gasteiger partial charge in [0.25, 0.3) is 5.91 Å². The van der Waals surface area contributed by atoms with E-state index in [0.29, 0.717) is 44.5 Å². The maximum atomic E-state index is 12.6. The van der Waals surface area contributed by atoms with Crippen LogP contribution >= 0.6 is 0 Å². The van der Waals surface area contributed by atoms with Crippen LogP contribution in [0.15, 0.2) is 16.9 Å². The van der Waals surface area contributed by atoms with E-state index in [4.69, 9.17) is 4.74 Å². The van der Waals surface area contributed by atoms with Gasteiger partial charge in [-0.25, -0.2) is 0 Å². The lowest BCUT2D eigenvalue weighted by molar-refractivity contribution is -0.174. The highest BCUT2D eigenvalue weighted by Gasteiger charge is 2.44. The number of piperidine rings is 1. The van der Waals surface area contributed by atoms with Crippen LogP contribution in [0.4, 0.5) is 0 Å². The summed E-state index contributed by atoms with van der Waals surface area (Å²) in [5.41, 5.74) is 0.469. The summed E-state index contributed by atoms with van der Waals surface area (Å²) in [5.74, 6) is -0.119. The van der Waals surface area contributed by atoms with E-state index >= 15 is 0 Å². The number of carbonyl (C=O) groups excluding carboxylic acids is 1. The zero-order chi connectivity index (χ0) is 16.4. The van der Waals surface area contributed by atoms with Crippen molar-refractivity contribution >= 4 is 5.91 Å². The molecule has 1 spiro atoms. The first kappa shape index (κ1) is 16.2. The maximum absolute atomic E-state index is 12.6. The summed E-state index contributed by atoms with van der Waals surface area (Å²) in [7, 11) is 0. The van der Waals surface area contributed by atoms with Crippen LogP contribution in [0, 0.1) is 0 Å². The zero-order valence-electron chi connectivity index (χ0n) is 13.5. The number of hydrogen-bond acceptors (Lipinski definition) is 4. The number of rotatable bonds is 2. The summed E-state index contributed by atoms with van der Waals surface area (Å²) in [6, 6.07) is 3.11. The Hall–Kier alpha value is -1.66. The van der Waals surface area contributed by atoms with Gasteiger partial charge >= 0.3 is 0 Å². The van der Waals surface area contributed by atoms with Gasteiger partial charge in [0.15, 0.2) is 0 Å². The van der Waals surface area contributed by atoms with Crippen molar-refractivity contribution in [1.29, 1.82) is 0 Å². The average molecular weight is 320 g/mol. The van der Waals surface area contributed by atoms with E-state index in [1.807, 2.05) is 6.92 Å². The van der Waals surface area contributed by atoms with E-state index < -0.39 is 11.7 Å². The van der Waals surface area contributed by atoms with Crippen molar-refractivity contribution in [2.24, 2.45) is 0 Å². The Morgan fingerprint density at radius 2 is 2.17 bits per heavy atom. The van der Waals surface area contributed by atoms with Crippen molar-refractivity contribution in [2.45, 2.75) is 50.7 Å². The largest absolute Gasteiger partial charge is 0.390 e. The van der Waals surface area contributed by atoms with Crippen LogP contribution in [-0.2, 0) is 11.2 Å². The number of aryl methyl sites for hydroxylation is 1. The number of amides is 1. The van der Waals surface area contributed by atoms with Crippen molar-refractivity contribution in [1.82, 2.24) is 9.88 Å². The van der Waals surface area contributed by atoms with Crippen molar-refractivity contribution in [3.05, 3.63) is 33.7 Å². The number of aromatic amines is 1. The fraction of sp³-hybridized carbons (Fsp3) is 0.647. The molecule has 0 radical (unpaired) electrons. The number of nitrogens with one attached hydrogen (secondary N) is 1. The van der Waals surface area contributed by atoms with Gasteiger partial charge in [0.2, 0.25) is 5.56 Å². The topological polar surface area (TPSA) is 82.6 Å². The quantitative estimate of drug-likeness (QED) is 0.854. The number of pyridine rings is 1. The molecule has 3 heterocycles. The molecule has 1 amide bonds. The van der Waals surface area contributed by atoms with Crippen LogP contribution in [0.2, 0.25) is 0 Å². The van der Waals surface area contributed by atoms with Crippen LogP contribution < -0.4 is 5.56 Å². The van der Waals surface area contributed by atoms with Gasteiger partial charge in [-0.1, -0.05) is 6.92 Å². The van der Waals surface area contributed by atoms with Crippen LogP contribution in [0.3, 0.4) is 0 Å². The third kappa shape index (κ3) is 3.19. The monoisotopic (exact) mass is 320 g/mol. The van der Waals surface area contributed by atoms with E-state index in [-0.39, 0.29) is 11.5 Å². The van der Waals surface area contributed by atoms with Gasteiger partial charge < -0.3 is 19.7 Å². The summed E-state index contributed by atoms with van der Waals surface area (Å²) in [6.07, 6.45) is 3.17. The second kappa shape index (κ2) is 6.45.